The number of rotatable bonds is 7. The van der Waals surface area contributed by atoms with Crippen molar-refractivity contribution in [1.82, 2.24) is 25.8 Å². The summed E-state index contributed by atoms with van der Waals surface area (Å²) in [5.74, 6) is 0.502. The highest BCUT2D eigenvalue weighted by atomic mass is 16.5. The van der Waals surface area contributed by atoms with E-state index in [9.17, 15) is 14.4 Å². The molecule has 9 heteroatoms. The van der Waals surface area contributed by atoms with E-state index in [-0.39, 0.29) is 35.7 Å². The number of piperazine rings is 1. The third-order valence-corrected chi connectivity index (χ3v) is 9.06. The largest absolute Gasteiger partial charge is 0.493 e. The summed E-state index contributed by atoms with van der Waals surface area (Å²) in [6.45, 7) is 4.37. The van der Waals surface area contributed by atoms with Crippen molar-refractivity contribution in [3.8, 4) is 5.75 Å². The Morgan fingerprint density at radius 1 is 1.00 bits per heavy atom. The van der Waals surface area contributed by atoms with E-state index in [0.717, 1.165) is 62.8 Å². The minimum atomic E-state index is -0.606. The van der Waals surface area contributed by atoms with Gasteiger partial charge in [0.15, 0.2) is 0 Å². The first kappa shape index (κ1) is 26.9. The van der Waals surface area contributed by atoms with E-state index < -0.39 is 18.1 Å². The molecule has 3 amide bonds. The van der Waals surface area contributed by atoms with Crippen LogP contribution in [-0.2, 0) is 14.4 Å². The zero-order valence-corrected chi connectivity index (χ0v) is 22.8. The summed E-state index contributed by atoms with van der Waals surface area (Å²) in [6.07, 6.45) is 7.94. The van der Waals surface area contributed by atoms with Crippen LogP contribution < -0.4 is 20.7 Å². The van der Waals surface area contributed by atoms with Crippen molar-refractivity contribution >= 4 is 17.7 Å². The quantitative estimate of drug-likeness (QED) is 0.503. The lowest BCUT2D eigenvalue weighted by molar-refractivity contribution is -0.149. The molecular formula is C29H43N5O4. The number of hydrogen-bond donors (Lipinski definition) is 3. The second kappa shape index (κ2) is 12.0. The van der Waals surface area contributed by atoms with Crippen molar-refractivity contribution in [2.24, 2.45) is 5.92 Å². The molecule has 2 saturated heterocycles. The van der Waals surface area contributed by atoms with Crippen LogP contribution in [0.1, 0.15) is 69.9 Å². The van der Waals surface area contributed by atoms with Crippen LogP contribution in [0.2, 0.25) is 0 Å². The molecule has 3 aliphatic heterocycles. The molecule has 4 aliphatic rings. The van der Waals surface area contributed by atoms with Gasteiger partial charge in [0.05, 0.1) is 18.7 Å². The van der Waals surface area contributed by atoms with Gasteiger partial charge in [0.25, 0.3) is 0 Å². The van der Waals surface area contributed by atoms with Gasteiger partial charge in [0, 0.05) is 31.1 Å². The molecule has 0 bridgehead atoms. The molecule has 38 heavy (non-hydrogen) atoms. The lowest BCUT2D eigenvalue weighted by Crippen LogP contribution is -2.66. The molecule has 3 fully saturated rings. The topological polar surface area (TPSA) is 103 Å². The van der Waals surface area contributed by atoms with Crippen molar-refractivity contribution in [2.75, 3.05) is 33.3 Å². The van der Waals surface area contributed by atoms with Crippen LogP contribution in [-0.4, -0.2) is 85.0 Å². The highest BCUT2D eigenvalue weighted by Crippen LogP contribution is 2.33. The second-order valence-corrected chi connectivity index (χ2v) is 11.4. The summed E-state index contributed by atoms with van der Waals surface area (Å²) in [7, 11) is 1.75. The number of carbonyl (C=O) groups excluding carboxylic acids is 3. The Labute approximate surface area is 226 Å². The highest BCUT2D eigenvalue weighted by molar-refractivity contribution is 5.93. The van der Waals surface area contributed by atoms with Crippen molar-refractivity contribution in [3.63, 3.8) is 0 Å². The predicted molar refractivity (Wildman–Crippen MR) is 145 cm³/mol. The molecule has 1 saturated carbocycles. The van der Waals surface area contributed by atoms with E-state index in [1.54, 1.807) is 18.9 Å². The average Bonchev–Trinajstić information content (AvgIpc) is 3.42. The van der Waals surface area contributed by atoms with Gasteiger partial charge in [-0.25, -0.2) is 0 Å². The Kier molecular flexibility index (Phi) is 8.53. The highest BCUT2D eigenvalue weighted by Gasteiger charge is 2.45. The molecule has 1 aromatic rings. The molecule has 3 N–H and O–H groups in total. The Morgan fingerprint density at radius 2 is 1.79 bits per heavy atom. The number of nitrogens with one attached hydrogen (secondary N) is 3. The standard InChI is InChI=1S/C29H43N5O4/c1-19(30-2)27(35)32-26(20-9-4-3-5-10-20)29(37)34-17-21-11-8-15-33(21)18-24(34)28(36)31-23-14-16-38-25-13-7-6-12-22(23)25/h6-7,12-13,19-21,23-24,26,30H,3-5,8-11,14-18H2,1-2H3,(H,31,36)(H,32,35)/t19-,21-,23+,24?,26-/m0/s1. The fourth-order valence-corrected chi connectivity index (χ4v) is 6.68. The minimum absolute atomic E-state index is 0.0944. The molecule has 5 atom stereocenters. The number of carbonyl (C=O) groups is 3. The van der Waals surface area contributed by atoms with E-state index >= 15 is 0 Å². The summed E-state index contributed by atoms with van der Waals surface area (Å²) < 4.78 is 5.79. The van der Waals surface area contributed by atoms with Crippen LogP contribution in [0.5, 0.6) is 5.75 Å². The molecular weight excluding hydrogens is 482 g/mol. The first-order chi connectivity index (χ1) is 18.5. The predicted octanol–water partition coefficient (Wildman–Crippen LogP) is 1.97. The molecule has 1 unspecified atom stereocenters. The van der Waals surface area contributed by atoms with Crippen LogP contribution >= 0.6 is 0 Å². The molecule has 5 rings (SSSR count). The van der Waals surface area contributed by atoms with Gasteiger partial charge in [-0.3, -0.25) is 19.3 Å². The van der Waals surface area contributed by atoms with E-state index in [1.807, 2.05) is 24.3 Å². The smallest absolute Gasteiger partial charge is 0.246 e. The zero-order chi connectivity index (χ0) is 26.6. The maximum absolute atomic E-state index is 14.3. The second-order valence-electron chi connectivity index (χ2n) is 11.4. The molecule has 0 aromatic heterocycles. The normalized spacial score (nSPS) is 27.4. The van der Waals surface area contributed by atoms with Gasteiger partial charge >= 0.3 is 0 Å². The van der Waals surface area contributed by atoms with Crippen LogP contribution in [0.3, 0.4) is 0 Å². The van der Waals surface area contributed by atoms with E-state index in [1.165, 1.54) is 0 Å². The molecule has 0 radical (unpaired) electrons. The molecule has 208 valence electrons. The van der Waals surface area contributed by atoms with Crippen LogP contribution in [0.15, 0.2) is 24.3 Å². The average molecular weight is 526 g/mol. The van der Waals surface area contributed by atoms with Crippen LogP contribution in [0.25, 0.3) is 0 Å². The first-order valence-corrected chi connectivity index (χ1v) is 14.5. The van der Waals surface area contributed by atoms with E-state index in [0.29, 0.717) is 26.1 Å². The van der Waals surface area contributed by atoms with Gasteiger partial charge in [-0.1, -0.05) is 37.5 Å². The molecule has 3 heterocycles. The number of fused-ring (bicyclic) bond motifs is 2. The number of nitrogens with zero attached hydrogens (tertiary/aromatic N) is 2. The van der Waals surface area contributed by atoms with Gasteiger partial charge < -0.3 is 25.6 Å². The minimum Gasteiger partial charge on any atom is -0.493 e. The van der Waals surface area contributed by atoms with Gasteiger partial charge in [-0.15, -0.1) is 0 Å². The Balaban J connectivity index is 1.38. The summed E-state index contributed by atoms with van der Waals surface area (Å²) in [4.78, 5) is 45.3. The van der Waals surface area contributed by atoms with Gasteiger partial charge in [0.2, 0.25) is 17.7 Å². The first-order valence-electron chi connectivity index (χ1n) is 14.5. The molecule has 9 nitrogen and oxygen atoms in total. The summed E-state index contributed by atoms with van der Waals surface area (Å²) in [6, 6.07) is 6.36. The van der Waals surface area contributed by atoms with Crippen molar-refractivity contribution < 1.29 is 19.1 Å². The van der Waals surface area contributed by atoms with Crippen molar-refractivity contribution in [2.45, 2.75) is 88.5 Å². The molecule has 0 spiro atoms. The zero-order valence-electron chi connectivity index (χ0n) is 22.8. The Morgan fingerprint density at radius 3 is 2.58 bits per heavy atom. The number of hydrogen-bond acceptors (Lipinski definition) is 6. The Hall–Kier alpha value is -2.65. The van der Waals surface area contributed by atoms with Crippen molar-refractivity contribution in [3.05, 3.63) is 29.8 Å². The number of likely N-dealkylation sites (N-methyl/N-ethyl adjacent to an activating group) is 1. The molecule has 1 aliphatic carbocycles. The van der Waals surface area contributed by atoms with Gasteiger partial charge in [0.1, 0.15) is 17.8 Å². The van der Waals surface area contributed by atoms with Crippen molar-refractivity contribution in [1.29, 1.82) is 0 Å². The number of ether oxygens (including phenoxy) is 1. The Bertz CT molecular complexity index is 1010. The summed E-state index contributed by atoms with van der Waals surface area (Å²) in [5.41, 5.74) is 0.980. The molecule has 1 aromatic carbocycles. The number of amides is 3. The summed E-state index contributed by atoms with van der Waals surface area (Å²) >= 11 is 0. The van der Waals surface area contributed by atoms with E-state index in [2.05, 4.69) is 20.9 Å². The lowest BCUT2D eigenvalue weighted by Gasteiger charge is -2.45. The van der Waals surface area contributed by atoms with Gasteiger partial charge in [-0.2, -0.15) is 0 Å². The third-order valence-electron chi connectivity index (χ3n) is 9.06. The van der Waals surface area contributed by atoms with Gasteiger partial charge in [-0.05, 0) is 58.2 Å². The number of para-hydroxylation sites is 1. The fourth-order valence-electron chi connectivity index (χ4n) is 6.68. The number of benzene rings is 1. The monoisotopic (exact) mass is 525 g/mol. The van der Waals surface area contributed by atoms with E-state index in [4.69, 9.17) is 4.74 Å². The fraction of sp³-hybridized carbons (Fsp3) is 0.690. The van der Waals surface area contributed by atoms with Crippen LogP contribution in [0, 0.1) is 5.92 Å². The SMILES string of the molecule is CN[C@@H](C)C(=O)N[C@H](C(=O)N1C[C@@H]2CCCN2CC1C(=O)N[C@@H]1CCOc2ccccc21)C1CCCCC1. The lowest BCUT2D eigenvalue weighted by atomic mass is 9.82. The maximum Gasteiger partial charge on any atom is 0.246 e. The van der Waals surface area contributed by atoms with Crippen LogP contribution in [0.4, 0.5) is 0 Å². The maximum atomic E-state index is 14.3. The summed E-state index contributed by atoms with van der Waals surface area (Å²) in [5, 5.41) is 9.34. The third kappa shape index (κ3) is 5.69.